The van der Waals surface area contributed by atoms with Crippen molar-refractivity contribution in [2.75, 3.05) is 20.7 Å². The van der Waals surface area contributed by atoms with E-state index in [1.54, 1.807) is 7.11 Å². The first kappa shape index (κ1) is 13.6. The lowest BCUT2D eigenvalue weighted by molar-refractivity contribution is 0.0736. The summed E-state index contributed by atoms with van der Waals surface area (Å²) in [6, 6.07) is 4.64. The fraction of sp³-hybridized carbons (Fsp3) is 0.474. The topological polar surface area (TPSA) is 41.9 Å². The Bertz CT molecular complexity index is 766. The van der Waals surface area contributed by atoms with E-state index < -0.39 is 0 Å². The van der Waals surface area contributed by atoms with Gasteiger partial charge >= 0.3 is 0 Å². The maximum Gasteiger partial charge on any atom is 0.169 e. The van der Waals surface area contributed by atoms with E-state index in [-0.39, 0.29) is 18.1 Å². The van der Waals surface area contributed by atoms with Crippen molar-refractivity contribution >= 4 is 0 Å². The Labute approximate surface area is 136 Å². The van der Waals surface area contributed by atoms with E-state index in [9.17, 15) is 5.11 Å². The number of ether oxygens (including phenoxy) is 2. The van der Waals surface area contributed by atoms with Crippen molar-refractivity contribution in [3.63, 3.8) is 0 Å². The first-order valence-corrected chi connectivity index (χ1v) is 8.30. The van der Waals surface area contributed by atoms with Gasteiger partial charge < -0.3 is 14.6 Å². The number of rotatable bonds is 2. The summed E-state index contributed by atoms with van der Waals surface area (Å²) >= 11 is 0. The zero-order valence-electron chi connectivity index (χ0n) is 13.5. The average Bonchev–Trinajstić information content (AvgIpc) is 2.92. The van der Waals surface area contributed by atoms with Gasteiger partial charge in [-0.3, -0.25) is 4.90 Å². The minimum Gasteiger partial charge on any atom is -0.497 e. The molecule has 1 aromatic carbocycles. The number of allylic oxidation sites excluding steroid dienone is 2. The highest BCUT2D eigenvalue weighted by Gasteiger charge is 2.61. The fourth-order valence-electron chi connectivity index (χ4n) is 5.14. The molecule has 0 saturated carbocycles. The van der Waals surface area contributed by atoms with Crippen LogP contribution in [-0.2, 0) is 23.2 Å². The molecule has 23 heavy (non-hydrogen) atoms. The second-order valence-corrected chi connectivity index (χ2v) is 7.06. The zero-order chi connectivity index (χ0) is 15.8. The van der Waals surface area contributed by atoms with Crippen molar-refractivity contribution in [3.05, 3.63) is 52.3 Å². The van der Waals surface area contributed by atoms with Crippen LogP contribution in [0.2, 0.25) is 0 Å². The van der Waals surface area contributed by atoms with Gasteiger partial charge in [-0.05, 0) is 43.6 Å². The fourth-order valence-corrected chi connectivity index (χ4v) is 5.14. The number of benzene rings is 1. The molecule has 4 nitrogen and oxygen atoms in total. The Morgan fingerprint density at radius 1 is 1.39 bits per heavy atom. The van der Waals surface area contributed by atoms with Crippen molar-refractivity contribution in [3.8, 4) is 5.75 Å². The number of aliphatic hydroxyl groups is 1. The first-order chi connectivity index (χ1) is 11.2. The van der Waals surface area contributed by atoms with Gasteiger partial charge in [0.1, 0.15) is 11.5 Å². The van der Waals surface area contributed by atoms with Crippen LogP contribution in [0.5, 0.6) is 5.75 Å². The van der Waals surface area contributed by atoms with Gasteiger partial charge in [-0.25, -0.2) is 0 Å². The highest BCUT2D eigenvalue weighted by molar-refractivity contribution is 5.65. The number of methoxy groups -OCH3 is 1. The molecule has 2 unspecified atom stereocenters. The number of likely N-dealkylation sites (N-methyl/N-ethyl adjacent to an activating group) is 1. The summed E-state index contributed by atoms with van der Waals surface area (Å²) in [5.41, 5.74) is 4.92. The van der Waals surface area contributed by atoms with Crippen LogP contribution in [0.3, 0.4) is 0 Å². The SMILES string of the molecule is COC1=CC=C2C3Cc4ccc(CO)c5c4[C@@]2(CCN3C)C1O5. The molecule has 2 aliphatic heterocycles. The van der Waals surface area contributed by atoms with Crippen LogP contribution < -0.4 is 4.74 Å². The third-order valence-electron chi connectivity index (χ3n) is 6.22. The molecule has 1 aromatic rings. The summed E-state index contributed by atoms with van der Waals surface area (Å²) in [5, 5.41) is 9.75. The smallest absolute Gasteiger partial charge is 0.169 e. The van der Waals surface area contributed by atoms with Crippen LogP contribution in [0.15, 0.2) is 35.6 Å². The third-order valence-corrected chi connectivity index (χ3v) is 6.22. The van der Waals surface area contributed by atoms with Gasteiger partial charge in [0.15, 0.2) is 6.10 Å². The maximum absolute atomic E-state index is 9.75. The Balaban J connectivity index is 1.84. The Morgan fingerprint density at radius 3 is 3.04 bits per heavy atom. The Kier molecular flexibility index (Phi) is 2.61. The standard InChI is InChI=1S/C19H21NO3/c1-20-8-7-19-13-5-6-15(22-2)18(19)23-17-12(10-21)4-3-11(16(17)19)9-14(13)20/h3-6,14,18,21H,7-10H2,1-2H3/t14?,18?,19-/m0/s1. The molecular weight excluding hydrogens is 290 g/mol. The van der Waals surface area contributed by atoms with Gasteiger partial charge in [0.2, 0.25) is 0 Å². The molecule has 120 valence electrons. The normalized spacial score (nSPS) is 33.5. The molecule has 4 heteroatoms. The van der Waals surface area contributed by atoms with E-state index in [4.69, 9.17) is 9.47 Å². The van der Waals surface area contributed by atoms with E-state index in [2.05, 4.69) is 30.2 Å². The van der Waals surface area contributed by atoms with Crippen molar-refractivity contribution in [2.45, 2.75) is 37.0 Å². The minimum atomic E-state index is -0.106. The van der Waals surface area contributed by atoms with Crippen LogP contribution in [0.25, 0.3) is 0 Å². The molecule has 2 bridgehead atoms. The summed E-state index contributed by atoms with van der Waals surface area (Å²) in [4.78, 5) is 2.46. The van der Waals surface area contributed by atoms with Crippen LogP contribution in [0.1, 0.15) is 23.1 Å². The lowest BCUT2D eigenvalue weighted by Crippen LogP contribution is -2.58. The number of likely N-dealkylation sites (tertiary alicyclic amines) is 1. The Hall–Kier alpha value is -1.78. The van der Waals surface area contributed by atoms with Gasteiger partial charge in [-0.1, -0.05) is 18.2 Å². The molecule has 0 amide bonds. The maximum atomic E-state index is 9.75. The molecule has 3 atom stereocenters. The third kappa shape index (κ3) is 1.44. The molecule has 2 aliphatic carbocycles. The number of piperidine rings is 1. The molecule has 5 rings (SSSR count). The molecule has 1 spiro atoms. The number of aliphatic hydroxyl groups excluding tert-OH is 1. The van der Waals surface area contributed by atoms with Crippen LogP contribution in [-0.4, -0.2) is 42.9 Å². The van der Waals surface area contributed by atoms with Crippen molar-refractivity contribution < 1.29 is 14.6 Å². The van der Waals surface area contributed by atoms with E-state index in [1.165, 1.54) is 16.7 Å². The highest BCUT2D eigenvalue weighted by atomic mass is 16.5. The summed E-state index contributed by atoms with van der Waals surface area (Å²) < 4.78 is 12.1. The highest BCUT2D eigenvalue weighted by Crippen LogP contribution is 2.61. The molecule has 0 radical (unpaired) electrons. The van der Waals surface area contributed by atoms with Gasteiger partial charge in [0, 0.05) is 17.2 Å². The largest absolute Gasteiger partial charge is 0.497 e. The molecule has 1 fully saturated rings. The quantitative estimate of drug-likeness (QED) is 0.906. The molecule has 1 N–H and O–H groups in total. The van der Waals surface area contributed by atoms with Crippen molar-refractivity contribution in [1.82, 2.24) is 4.90 Å². The second-order valence-electron chi connectivity index (χ2n) is 7.06. The van der Waals surface area contributed by atoms with Gasteiger partial charge in [0.05, 0.1) is 19.1 Å². The Morgan fingerprint density at radius 2 is 2.26 bits per heavy atom. The predicted octanol–water partition coefficient (Wildman–Crippen LogP) is 1.91. The number of hydrogen-bond donors (Lipinski definition) is 1. The minimum absolute atomic E-state index is 0.0137. The zero-order valence-corrected chi connectivity index (χ0v) is 13.5. The molecule has 0 aromatic heterocycles. The summed E-state index contributed by atoms with van der Waals surface area (Å²) in [7, 11) is 3.93. The van der Waals surface area contributed by atoms with Crippen LogP contribution in [0, 0.1) is 0 Å². The molecule has 1 saturated heterocycles. The summed E-state index contributed by atoms with van der Waals surface area (Å²) in [6.45, 7) is 1.07. The van der Waals surface area contributed by atoms with Crippen LogP contribution in [0.4, 0.5) is 0 Å². The average molecular weight is 311 g/mol. The monoisotopic (exact) mass is 311 g/mol. The van der Waals surface area contributed by atoms with E-state index >= 15 is 0 Å². The molecule has 2 heterocycles. The van der Waals surface area contributed by atoms with Crippen molar-refractivity contribution in [2.24, 2.45) is 0 Å². The lowest BCUT2D eigenvalue weighted by atomic mass is 9.57. The molecular formula is C19H21NO3. The number of nitrogens with zero attached hydrogens (tertiary/aromatic N) is 1. The predicted molar refractivity (Wildman–Crippen MR) is 86.4 cm³/mol. The van der Waals surface area contributed by atoms with Gasteiger partial charge in [-0.15, -0.1) is 0 Å². The van der Waals surface area contributed by atoms with E-state index in [0.717, 1.165) is 36.5 Å². The molecule has 4 aliphatic rings. The van der Waals surface area contributed by atoms with Gasteiger partial charge in [-0.2, -0.15) is 0 Å². The second kappa shape index (κ2) is 4.40. The lowest BCUT2D eigenvalue weighted by Gasteiger charge is -2.52. The van der Waals surface area contributed by atoms with E-state index in [1.807, 2.05) is 6.07 Å². The first-order valence-electron chi connectivity index (χ1n) is 8.30. The van der Waals surface area contributed by atoms with Crippen LogP contribution >= 0.6 is 0 Å². The number of hydrogen-bond acceptors (Lipinski definition) is 4. The summed E-state index contributed by atoms with van der Waals surface area (Å²) in [6.07, 6.45) is 6.28. The van der Waals surface area contributed by atoms with Gasteiger partial charge in [0.25, 0.3) is 0 Å². The summed E-state index contributed by atoms with van der Waals surface area (Å²) in [5.74, 6) is 1.79. The van der Waals surface area contributed by atoms with Crippen molar-refractivity contribution in [1.29, 1.82) is 0 Å². The van der Waals surface area contributed by atoms with E-state index in [0.29, 0.717) is 6.04 Å².